The topological polar surface area (TPSA) is 47.1 Å². The number of hydrogen-bond donors (Lipinski definition) is 1. The van der Waals surface area contributed by atoms with Crippen molar-refractivity contribution in [2.24, 2.45) is 5.73 Å². The number of nitrogens with two attached hydrogens (primary N) is 1. The minimum atomic E-state index is 0.134. The molecule has 6 heteroatoms. The molecule has 106 valence electrons. The van der Waals surface area contributed by atoms with E-state index in [0.29, 0.717) is 16.6 Å². The van der Waals surface area contributed by atoms with E-state index in [9.17, 15) is 0 Å². The highest BCUT2D eigenvalue weighted by molar-refractivity contribution is 6.42. The van der Waals surface area contributed by atoms with Crippen LogP contribution in [0.25, 0.3) is 0 Å². The summed E-state index contributed by atoms with van der Waals surface area (Å²) >= 11 is 12.1. The first-order chi connectivity index (χ1) is 9.69. The Morgan fingerprint density at radius 2 is 2.10 bits per heavy atom. The molecule has 0 bridgehead atoms. The summed E-state index contributed by atoms with van der Waals surface area (Å²) in [6, 6.07) is 5.86. The molecule has 1 aliphatic heterocycles. The van der Waals surface area contributed by atoms with E-state index in [0.717, 1.165) is 31.0 Å². The van der Waals surface area contributed by atoms with Crippen LogP contribution in [-0.4, -0.2) is 27.5 Å². The van der Waals surface area contributed by atoms with Crippen molar-refractivity contribution in [2.45, 2.75) is 19.1 Å². The van der Waals surface area contributed by atoms with Gasteiger partial charge in [-0.3, -0.25) is 4.90 Å². The van der Waals surface area contributed by atoms with Crippen LogP contribution in [0.2, 0.25) is 10.0 Å². The molecule has 1 aromatic heterocycles. The number of rotatable bonds is 3. The lowest BCUT2D eigenvalue weighted by Crippen LogP contribution is -2.39. The molecule has 0 saturated carbocycles. The van der Waals surface area contributed by atoms with Gasteiger partial charge in [0.05, 0.1) is 16.6 Å². The Hall–Kier alpha value is -1.07. The third-order valence-electron chi connectivity index (χ3n) is 3.77. The van der Waals surface area contributed by atoms with Crippen LogP contribution in [-0.2, 0) is 13.1 Å². The molecule has 0 spiro atoms. The zero-order chi connectivity index (χ0) is 14.1. The Labute approximate surface area is 128 Å². The average Bonchev–Trinajstić information content (AvgIpc) is 2.91. The number of fused-ring (bicyclic) bond motifs is 1. The molecule has 2 N–H and O–H groups in total. The monoisotopic (exact) mass is 310 g/mol. The summed E-state index contributed by atoms with van der Waals surface area (Å²) in [5.41, 5.74) is 7.07. The standard InChI is InChI=1S/C14H16Cl2N4/c15-11-2-1-10(7-12(11)16)13(8-17)20-6-5-19-4-3-18-14(19)9-20/h1-4,7,13H,5-6,8-9,17H2. The minimum Gasteiger partial charge on any atom is -0.333 e. The highest BCUT2D eigenvalue weighted by Gasteiger charge is 2.24. The van der Waals surface area contributed by atoms with Gasteiger partial charge in [0.2, 0.25) is 0 Å². The number of halogens is 2. The quantitative estimate of drug-likeness (QED) is 0.948. The second-order valence-electron chi connectivity index (χ2n) is 4.93. The van der Waals surface area contributed by atoms with E-state index >= 15 is 0 Å². The number of imidazole rings is 1. The number of hydrogen-bond acceptors (Lipinski definition) is 3. The summed E-state index contributed by atoms with van der Waals surface area (Å²) < 4.78 is 2.18. The zero-order valence-electron chi connectivity index (χ0n) is 11.0. The molecule has 0 saturated heterocycles. The van der Waals surface area contributed by atoms with Gasteiger partial charge in [-0.15, -0.1) is 0 Å². The zero-order valence-corrected chi connectivity index (χ0v) is 12.5. The molecular weight excluding hydrogens is 295 g/mol. The van der Waals surface area contributed by atoms with E-state index in [1.165, 1.54) is 0 Å². The second-order valence-corrected chi connectivity index (χ2v) is 5.75. The summed E-state index contributed by atoms with van der Waals surface area (Å²) in [5, 5.41) is 1.14. The smallest absolute Gasteiger partial charge is 0.122 e. The fraction of sp³-hybridized carbons (Fsp3) is 0.357. The molecule has 2 heterocycles. The summed E-state index contributed by atoms with van der Waals surface area (Å²) in [5.74, 6) is 1.08. The van der Waals surface area contributed by atoms with Crippen molar-refractivity contribution >= 4 is 23.2 Å². The largest absolute Gasteiger partial charge is 0.333 e. The molecule has 0 fully saturated rings. The fourth-order valence-corrected chi connectivity index (χ4v) is 2.98. The Bertz CT molecular complexity index is 611. The van der Waals surface area contributed by atoms with E-state index in [-0.39, 0.29) is 6.04 Å². The van der Waals surface area contributed by atoms with Crippen molar-refractivity contribution in [2.75, 3.05) is 13.1 Å². The highest BCUT2D eigenvalue weighted by atomic mass is 35.5. The van der Waals surface area contributed by atoms with Crippen LogP contribution in [0.4, 0.5) is 0 Å². The van der Waals surface area contributed by atoms with Gasteiger partial charge in [-0.05, 0) is 17.7 Å². The van der Waals surface area contributed by atoms with Crippen LogP contribution in [0.3, 0.4) is 0 Å². The highest BCUT2D eigenvalue weighted by Crippen LogP contribution is 2.29. The normalized spacial score (nSPS) is 16.9. The molecule has 1 aromatic carbocycles. The number of benzene rings is 1. The van der Waals surface area contributed by atoms with Gasteiger partial charge in [-0.1, -0.05) is 29.3 Å². The second kappa shape index (κ2) is 5.74. The molecule has 4 nitrogen and oxygen atoms in total. The van der Waals surface area contributed by atoms with E-state index in [1.54, 1.807) is 0 Å². The van der Waals surface area contributed by atoms with Gasteiger partial charge < -0.3 is 10.3 Å². The van der Waals surface area contributed by atoms with Gasteiger partial charge in [-0.2, -0.15) is 0 Å². The van der Waals surface area contributed by atoms with Gasteiger partial charge in [-0.25, -0.2) is 4.98 Å². The van der Waals surface area contributed by atoms with Crippen molar-refractivity contribution in [1.29, 1.82) is 0 Å². The average molecular weight is 311 g/mol. The third-order valence-corrected chi connectivity index (χ3v) is 4.51. The molecule has 20 heavy (non-hydrogen) atoms. The van der Waals surface area contributed by atoms with E-state index in [1.807, 2.05) is 30.6 Å². The van der Waals surface area contributed by atoms with Gasteiger partial charge in [0.1, 0.15) is 5.82 Å². The van der Waals surface area contributed by atoms with Gasteiger partial charge in [0.25, 0.3) is 0 Å². The lowest BCUT2D eigenvalue weighted by atomic mass is 10.0. The number of aromatic nitrogens is 2. The van der Waals surface area contributed by atoms with Crippen LogP contribution in [0.1, 0.15) is 17.4 Å². The molecule has 1 aliphatic rings. The fourth-order valence-electron chi connectivity index (χ4n) is 2.67. The maximum absolute atomic E-state index is 6.11. The minimum absolute atomic E-state index is 0.134. The Morgan fingerprint density at radius 1 is 1.25 bits per heavy atom. The molecule has 1 atom stereocenters. The first-order valence-corrected chi connectivity index (χ1v) is 7.33. The van der Waals surface area contributed by atoms with Gasteiger partial charge >= 0.3 is 0 Å². The molecule has 3 rings (SSSR count). The lowest BCUT2D eigenvalue weighted by molar-refractivity contribution is 0.156. The van der Waals surface area contributed by atoms with Crippen molar-refractivity contribution < 1.29 is 0 Å². The van der Waals surface area contributed by atoms with Gasteiger partial charge in [0, 0.05) is 38.1 Å². The Morgan fingerprint density at radius 3 is 2.85 bits per heavy atom. The Kier molecular flexibility index (Phi) is 3.98. The summed E-state index contributed by atoms with van der Waals surface area (Å²) in [4.78, 5) is 6.72. The molecule has 0 aliphatic carbocycles. The van der Waals surface area contributed by atoms with Crippen molar-refractivity contribution in [1.82, 2.24) is 14.5 Å². The van der Waals surface area contributed by atoms with E-state index in [4.69, 9.17) is 28.9 Å². The molecule has 2 aromatic rings. The maximum Gasteiger partial charge on any atom is 0.122 e. The van der Waals surface area contributed by atoms with E-state index in [2.05, 4.69) is 14.5 Å². The maximum atomic E-state index is 6.11. The van der Waals surface area contributed by atoms with Crippen LogP contribution in [0.15, 0.2) is 30.6 Å². The first-order valence-electron chi connectivity index (χ1n) is 6.58. The van der Waals surface area contributed by atoms with Crippen molar-refractivity contribution in [3.8, 4) is 0 Å². The summed E-state index contributed by atoms with van der Waals surface area (Å²) in [6.45, 7) is 3.23. The molecule has 1 unspecified atom stereocenters. The lowest BCUT2D eigenvalue weighted by Gasteiger charge is -2.34. The van der Waals surface area contributed by atoms with Crippen LogP contribution in [0.5, 0.6) is 0 Å². The first kappa shape index (κ1) is 13.9. The predicted molar refractivity (Wildman–Crippen MR) is 80.9 cm³/mol. The predicted octanol–water partition coefficient (Wildman–Crippen LogP) is 2.71. The Balaban J connectivity index is 1.85. The summed E-state index contributed by atoms with van der Waals surface area (Å²) in [6.07, 6.45) is 3.86. The van der Waals surface area contributed by atoms with Crippen LogP contribution in [0, 0.1) is 0 Å². The third kappa shape index (κ3) is 2.56. The van der Waals surface area contributed by atoms with E-state index < -0.39 is 0 Å². The van der Waals surface area contributed by atoms with Crippen molar-refractivity contribution in [3.05, 3.63) is 52.0 Å². The SMILES string of the molecule is NCC(c1ccc(Cl)c(Cl)c1)N1CCn2ccnc2C1. The van der Waals surface area contributed by atoms with Crippen LogP contribution < -0.4 is 5.73 Å². The van der Waals surface area contributed by atoms with Crippen molar-refractivity contribution in [3.63, 3.8) is 0 Å². The molecule has 0 amide bonds. The molecule has 0 radical (unpaired) electrons. The van der Waals surface area contributed by atoms with Gasteiger partial charge in [0.15, 0.2) is 0 Å². The summed E-state index contributed by atoms with van der Waals surface area (Å²) in [7, 11) is 0. The molecular formula is C14H16Cl2N4. The number of nitrogens with zero attached hydrogens (tertiary/aromatic N) is 3. The van der Waals surface area contributed by atoms with Crippen LogP contribution >= 0.6 is 23.2 Å².